The third kappa shape index (κ3) is 5.82. The number of hydrogen-bond donors (Lipinski definition) is 1. The molecule has 0 aliphatic carbocycles. The molecule has 6 rings (SSSR count). The summed E-state index contributed by atoms with van der Waals surface area (Å²) < 4.78 is 49.3. The number of ether oxygens (including phenoxy) is 1. The Hall–Kier alpha value is -4.72. The molecule has 4 aromatic rings. The molecular weight excluding hydrogens is 589 g/mol. The van der Waals surface area contributed by atoms with Crippen LogP contribution >= 0.6 is 11.6 Å². The smallest absolute Gasteiger partial charge is 0.493 e. The van der Waals surface area contributed by atoms with Crippen LogP contribution in [0.25, 0.3) is 11.4 Å². The van der Waals surface area contributed by atoms with Gasteiger partial charge in [0.25, 0.3) is 5.96 Å². The molecule has 2 aromatic heterocycles. The molecule has 1 N–H and O–H groups in total. The first kappa shape index (κ1) is 28.4. The van der Waals surface area contributed by atoms with E-state index < -0.39 is 18.3 Å². The monoisotopic (exact) mass is 614 g/mol. The number of fused-ring (bicyclic) bond motifs is 1. The standard InChI is InChI=1S/C28H26ClF3N8O3/c1-42-23-15-19(8-11-22(23)37-16-24(29)33-17-37)35-27-36-39-13-3-2-5-21(25(39)40(27)43-26(41)28(30,31)32)18-6-9-20(10-7-18)38-14-4-12-34-38/h4,6-12,14-17,21,25H,2-3,5,13H2,1H3,(H,35,36). The Balaban J connectivity index is 1.33. The lowest BCUT2D eigenvalue weighted by atomic mass is 9.91. The first-order valence-corrected chi connectivity index (χ1v) is 13.8. The number of nitrogens with zero attached hydrogens (tertiary/aromatic N) is 7. The zero-order valence-corrected chi connectivity index (χ0v) is 23.5. The quantitative estimate of drug-likeness (QED) is 0.311. The summed E-state index contributed by atoms with van der Waals surface area (Å²) in [6.07, 6.45) is 2.80. The molecule has 224 valence electrons. The summed E-state index contributed by atoms with van der Waals surface area (Å²) in [6.45, 7) is 0.460. The number of carbonyl (C=O) groups is 1. The molecule has 0 spiro atoms. The molecule has 11 nitrogen and oxygen atoms in total. The van der Waals surface area contributed by atoms with Crippen molar-refractivity contribution in [1.82, 2.24) is 29.4 Å². The SMILES string of the molecule is COc1cc(NC2=NN3CCCCC(c4ccc(-n5cccn5)cc4)C3N2OC(=O)C(F)(F)F)ccc1-n1cnc(Cl)c1. The molecule has 2 aliphatic rings. The molecule has 2 atom stereocenters. The van der Waals surface area contributed by atoms with Gasteiger partial charge in [0, 0.05) is 42.8 Å². The minimum absolute atomic E-state index is 0.0665. The van der Waals surface area contributed by atoms with E-state index in [-0.39, 0.29) is 11.9 Å². The number of halogens is 4. The molecule has 15 heteroatoms. The average molecular weight is 615 g/mol. The van der Waals surface area contributed by atoms with Gasteiger partial charge in [-0.15, -0.1) is 10.2 Å². The summed E-state index contributed by atoms with van der Waals surface area (Å²) in [7, 11) is 1.48. The van der Waals surface area contributed by atoms with Gasteiger partial charge in [-0.05, 0) is 48.7 Å². The van der Waals surface area contributed by atoms with E-state index in [1.807, 2.05) is 36.5 Å². The van der Waals surface area contributed by atoms with Crippen LogP contribution < -0.4 is 10.1 Å². The zero-order valence-electron chi connectivity index (χ0n) is 22.8. The maximum absolute atomic E-state index is 13.4. The van der Waals surface area contributed by atoms with Gasteiger partial charge in [0.05, 0.1) is 18.5 Å². The molecule has 0 saturated carbocycles. The zero-order chi connectivity index (χ0) is 30.1. The van der Waals surface area contributed by atoms with Crippen molar-refractivity contribution in [2.45, 2.75) is 37.5 Å². The minimum atomic E-state index is -5.21. The van der Waals surface area contributed by atoms with E-state index in [0.717, 1.165) is 29.2 Å². The Morgan fingerprint density at radius 1 is 1.14 bits per heavy atom. The molecule has 2 aromatic carbocycles. The normalized spacial score (nSPS) is 18.6. The van der Waals surface area contributed by atoms with Gasteiger partial charge in [0.15, 0.2) is 6.17 Å². The van der Waals surface area contributed by atoms with Crippen molar-refractivity contribution in [2.24, 2.45) is 5.10 Å². The van der Waals surface area contributed by atoms with Crippen molar-refractivity contribution in [3.63, 3.8) is 0 Å². The van der Waals surface area contributed by atoms with Crippen LogP contribution in [0, 0.1) is 0 Å². The lowest BCUT2D eigenvalue weighted by Gasteiger charge is -2.34. The van der Waals surface area contributed by atoms with E-state index in [4.69, 9.17) is 21.2 Å². The molecule has 0 bridgehead atoms. The van der Waals surface area contributed by atoms with E-state index in [1.54, 1.807) is 44.9 Å². The van der Waals surface area contributed by atoms with Crippen molar-refractivity contribution in [1.29, 1.82) is 0 Å². The fourth-order valence-electron chi connectivity index (χ4n) is 5.29. The van der Waals surface area contributed by atoms with Crippen LogP contribution in [0.3, 0.4) is 0 Å². The Morgan fingerprint density at radius 2 is 1.95 bits per heavy atom. The fourth-order valence-corrected chi connectivity index (χ4v) is 5.44. The predicted molar refractivity (Wildman–Crippen MR) is 151 cm³/mol. The first-order valence-electron chi connectivity index (χ1n) is 13.4. The fraction of sp³-hybridized carbons (Fsp3) is 0.286. The van der Waals surface area contributed by atoms with Gasteiger partial charge in [-0.25, -0.2) is 14.5 Å². The van der Waals surface area contributed by atoms with E-state index in [2.05, 4.69) is 20.5 Å². The number of rotatable bonds is 6. The number of nitrogens with one attached hydrogen (secondary N) is 1. The Labute approximate surface area is 249 Å². The van der Waals surface area contributed by atoms with Crippen LogP contribution in [-0.2, 0) is 9.63 Å². The third-order valence-corrected chi connectivity index (χ3v) is 7.45. The van der Waals surface area contributed by atoms with Crippen molar-refractivity contribution in [3.8, 4) is 17.1 Å². The predicted octanol–water partition coefficient (Wildman–Crippen LogP) is 5.33. The molecule has 1 fully saturated rings. The number of benzene rings is 2. The molecule has 43 heavy (non-hydrogen) atoms. The lowest BCUT2D eigenvalue weighted by molar-refractivity contribution is -0.235. The van der Waals surface area contributed by atoms with Gasteiger partial charge >= 0.3 is 12.1 Å². The maximum Gasteiger partial charge on any atom is 0.493 e. The van der Waals surface area contributed by atoms with Gasteiger partial charge in [0.2, 0.25) is 0 Å². The number of hydroxylamine groups is 2. The van der Waals surface area contributed by atoms with Gasteiger partial charge in [-0.3, -0.25) is 5.01 Å². The molecule has 4 heterocycles. The number of methoxy groups -OCH3 is 1. The summed E-state index contributed by atoms with van der Waals surface area (Å²) in [5, 5.41) is 14.8. The number of anilines is 1. The summed E-state index contributed by atoms with van der Waals surface area (Å²) in [5.74, 6) is -2.31. The highest BCUT2D eigenvalue weighted by Gasteiger charge is 2.49. The van der Waals surface area contributed by atoms with Crippen molar-refractivity contribution in [3.05, 3.63) is 84.2 Å². The minimum Gasteiger partial charge on any atom is -0.494 e. The Morgan fingerprint density at radius 3 is 2.63 bits per heavy atom. The molecule has 2 unspecified atom stereocenters. The number of aromatic nitrogens is 4. The second-order valence-electron chi connectivity index (χ2n) is 9.96. The van der Waals surface area contributed by atoms with Crippen LogP contribution in [0.1, 0.15) is 30.7 Å². The second kappa shape index (κ2) is 11.5. The topological polar surface area (TPSA) is 102 Å². The number of hydrogen-bond acceptors (Lipinski definition) is 9. The number of alkyl halides is 3. The summed E-state index contributed by atoms with van der Waals surface area (Å²) in [6, 6.07) is 14.5. The van der Waals surface area contributed by atoms with E-state index in [1.165, 1.54) is 13.4 Å². The number of carbonyl (C=O) groups excluding carboxylic acids is 1. The first-order chi connectivity index (χ1) is 20.7. The number of imidazole rings is 1. The van der Waals surface area contributed by atoms with Gasteiger partial charge in [-0.1, -0.05) is 30.2 Å². The van der Waals surface area contributed by atoms with Gasteiger partial charge < -0.3 is 19.5 Å². The largest absolute Gasteiger partial charge is 0.494 e. The summed E-state index contributed by atoms with van der Waals surface area (Å²) >= 11 is 5.96. The molecule has 2 aliphatic heterocycles. The highest BCUT2D eigenvalue weighted by Crippen LogP contribution is 2.39. The molecule has 0 radical (unpaired) electrons. The van der Waals surface area contributed by atoms with Gasteiger partial charge in [-0.2, -0.15) is 18.3 Å². The van der Waals surface area contributed by atoms with Crippen LogP contribution in [-0.4, -0.2) is 67.3 Å². The number of hydrazone groups is 1. The highest BCUT2D eigenvalue weighted by molar-refractivity contribution is 6.29. The van der Waals surface area contributed by atoms with Crippen LogP contribution in [0.15, 0.2) is 78.6 Å². The van der Waals surface area contributed by atoms with Crippen molar-refractivity contribution in [2.75, 3.05) is 19.0 Å². The van der Waals surface area contributed by atoms with Crippen LogP contribution in [0.5, 0.6) is 5.75 Å². The molecule has 1 saturated heterocycles. The summed E-state index contributed by atoms with van der Waals surface area (Å²) in [4.78, 5) is 21.2. The van der Waals surface area contributed by atoms with Gasteiger partial charge in [0.1, 0.15) is 17.2 Å². The number of guanidine groups is 1. The Kier molecular flexibility index (Phi) is 7.61. The van der Waals surface area contributed by atoms with Crippen molar-refractivity contribution >= 4 is 29.2 Å². The average Bonchev–Trinajstić information content (AvgIpc) is 3.72. The van der Waals surface area contributed by atoms with E-state index in [0.29, 0.717) is 35.2 Å². The molecular formula is C28H26ClF3N8O3. The van der Waals surface area contributed by atoms with Crippen molar-refractivity contribution < 1.29 is 27.5 Å². The maximum atomic E-state index is 13.4. The summed E-state index contributed by atoms with van der Waals surface area (Å²) in [5.41, 5.74) is 2.77. The van der Waals surface area contributed by atoms with E-state index in [9.17, 15) is 18.0 Å². The van der Waals surface area contributed by atoms with Crippen LogP contribution in [0.4, 0.5) is 18.9 Å². The highest BCUT2D eigenvalue weighted by atomic mass is 35.5. The second-order valence-corrected chi connectivity index (χ2v) is 10.3. The van der Waals surface area contributed by atoms with Crippen LogP contribution in [0.2, 0.25) is 5.15 Å². The lowest BCUT2D eigenvalue weighted by Crippen LogP contribution is -2.49. The Bertz CT molecular complexity index is 1620. The molecule has 0 amide bonds. The van der Waals surface area contributed by atoms with E-state index >= 15 is 0 Å². The third-order valence-electron chi connectivity index (χ3n) is 7.26.